The number of nitrogens with one attached hydrogen (secondary N) is 2. The summed E-state index contributed by atoms with van der Waals surface area (Å²) in [4.78, 5) is 28.6. The molecule has 0 bridgehead atoms. The van der Waals surface area contributed by atoms with Gasteiger partial charge in [0.1, 0.15) is 0 Å². The third-order valence-electron chi connectivity index (χ3n) is 5.89. The third kappa shape index (κ3) is 5.67. The molecular weight excluding hydrogens is 414 g/mol. The van der Waals surface area contributed by atoms with Crippen LogP contribution in [0, 0.1) is 10.7 Å². The highest BCUT2D eigenvalue weighted by Gasteiger charge is 2.22. The van der Waals surface area contributed by atoms with Crippen molar-refractivity contribution in [1.29, 1.82) is 0 Å². The van der Waals surface area contributed by atoms with Gasteiger partial charge in [0.15, 0.2) is 16.3 Å². The molecule has 7 nitrogen and oxygen atoms in total. The zero-order chi connectivity index (χ0) is 22.4. The lowest BCUT2D eigenvalue weighted by Crippen LogP contribution is -2.41. The molecule has 170 valence electrons. The quantitative estimate of drug-likeness (QED) is 0.559. The minimum absolute atomic E-state index is 0.0440. The average molecular weight is 448 g/mol. The molecule has 1 saturated carbocycles. The molecule has 8 heteroatoms. The van der Waals surface area contributed by atoms with Crippen LogP contribution in [-0.4, -0.2) is 34.7 Å². The maximum atomic E-state index is 13.1. The van der Waals surface area contributed by atoms with E-state index >= 15 is 0 Å². The maximum Gasteiger partial charge on any atom is 0.262 e. The van der Waals surface area contributed by atoms with E-state index in [0.717, 1.165) is 6.42 Å². The second-order valence-electron chi connectivity index (χ2n) is 8.14. The first-order valence-electron chi connectivity index (χ1n) is 11.3. The van der Waals surface area contributed by atoms with Gasteiger partial charge in [0.05, 0.1) is 24.1 Å². The van der Waals surface area contributed by atoms with Gasteiger partial charge in [-0.05, 0) is 57.3 Å². The van der Waals surface area contributed by atoms with E-state index in [1.165, 1.54) is 23.8 Å². The number of nitrogens with zero attached hydrogens (tertiary/aromatic N) is 1. The van der Waals surface area contributed by atoms with Gasteiger partial charge < -0.3 is 19.8 Å². The van der Waals surface area contributed by atoms with Crippen molar-refractivity contribution in [3.05, 3.63) is 27.3 Å². The highest BCUT2D eigenvalue weighted by molar-refractivity contribution is 7.71. The molecule has 2 N–H and O–H groups in total. The topological polar surface area (TPSA) is 85.4 Å². The Balaban J connectivity index is 1.73. The summed E-state index contributed by atoms with van der Waals surface area (Å²) in [5, 5.41) is 3.65. The van der Waals surface area contributed by atoms with E-state index in [1.807, 2.05) is 13.8 Å². The smallest absolute Gasteiger partial charge is 0.262 e. The van der Waals surface area contributed by atoms with Gasteiger partial charge in [-0.2, -0.15) is 0 Å². The number of benzene rings is 1. The van der Waals surface area contributed by atoms with E-state index in [4.69, 9.17) is 21.7 Å². The molecule has 0 unspecified atom stereocenters. The van der Waals surface area contributed by atoms with Crippen LogP contribution in [0.25, 0.3) is 10.9 Å². The van der Waals surface area contributed by atoms with Gasteiger partial charge in [0, 0.05) is 25.1 Å². The number of hydrogen-bond acceptors (Lipinski definition) is 5. The summed E-state index contributed by atoms with van der Waals surface area (Å²) in [6.45, 7) is 7.32. The summed E-state index contributed by atoms with van der Waals surface area (Å²) in [6, 6.07) is 3.72. The predicted molar refractivity (Wildman–Crippen MR) is 125 cm³/mol. The highest BCUT2D eigenvalue weighted by atomic mass is 32.1. The molecule has 1 fully saturated rings. The van der Waals surface area contributed by atoms with Gasteiger partial charge in [0.25, 0.3) is 5.56 Å². The Morgan fingerprint density at radius 1 is 1.19 bits per heavy atom. The number of amides is 1. The fourth-order valence-corrected chi connectivity index (χ4v) is 4.49. The summed E-state index contributed by atoms with van der Waals surface area (Å²) in [5.74, 6) is 1.68. The van der Waals surface area contributed by atoms with Gasteiger partial charge in [-0.25, -0.2) is 0 Å². The molecule has 2 atom stereocenters. The summed E-state index contributed by atoms with van der Waals surface area (Å²) < 4.78 is 13.1. The number of hydrogen-bond donors (Lipinski definition) is 2. The second-order valence-corrected chi connectivity index (χ2v) is 8.52. The van der Waals surface area contributed by atoms with Crippen LogP contribution < -0.4 is 20.3 Å². The Bertz CT molecular complexity index is 1030. The van der Waals surface area contributed by atoms with Crippen LogP contribution in [0.15, 0.2) is 16.9 Å². The van der Waals surface area contributed by atoms with Crippen LogP contribution in [0.3, 0.4) is 0 Å². The first-order chi connectivity index (χ1) is 14.9. The van der Waals surface area contributed by atoms with Crippen molar-refractivity contribution in [2.45, 2.75) is 71.9 Å². The standard InChI is InChI=1S/C23H33N3O4S/c1-4-29-19-13-16-18(14-20(19)30-5-2)25-23(31)26(22(16)28)12-8-11-21(27)24-17-10-7-6-9-15(17)3/h13-15,17H,4-12H2,1-3H3,(H,24,27)(H,25,31)/t15-,17+/m0/s1. The number of rotatable bonds is 9. The van der Waals surface area contributed by atoms with Crippen molar-refractivity contribution < 1.29 is 14.3 Å². The summed E-state index contributed by atoms with van der Waals surface area (Å²) in [5.41, 5.74) is 0.422. The number of ether oxygens (including phenoxy) is 2. The number of carbonyl (C=O) groups is 1. The Kier molecular flexibility index (Phi) is 8.12. The zero-order valence-electron chi connectivity index (χ0n) is 18.7. The van der Waals surface area contributed by atoms with E-state index in [1.54, 1.807) is 12.1 Å². The van der Waals surface area contributed by atoms with Gasteiger partial charge >= 0.3 is 0 Å². The maximum absolute atomic E-state index is 13.1. The Morgan fingerprint density at radius 2 is 1.87 bits per heavy atom. The second kappa shape index (κ2) is 10.8. The molecule has 0 saturated heterocycles. The van der Waals surface area contributed by atoms with Crippen LogP contribution in [0.5, 0.6) is 11.5 Å². The molecule has 2 aromatic rings. The lowest BCUT2D eigenvalue weighted by Gasteiger charge is -2.29. The minimum Gasteiger partial charge on any atom is -0.490 e. The Morgan fingerprint density at radius 3 is 2.55 bits per heavy atom. The number of fused-ring (bicyclic) bond motifs is 1. The Labute approximate surface area is 188 Å². The zero-order valence-corrected chi connectivity index (χ0v) is 19.5. The van der Waals surface area contributed by atoms with Crippen molar-refractivity contribution in [3.63, 3.8) is 0 Å². The van der Waals surface area contributed by atoms with E-state index in [9.17, 15) is 9.59 Å². The summed E-state index contributed by atoms with van der Waals surface area (Å²) >= 11 is 5.42. The van der Waals surface area contributed by atoms with E-state index in [2.05, 4.69) is 17.2 Å². The number of carbonyl (C=O) groups excluding carboxylic acids is 1. The highest BCUT2D eigenvalue weighted by Crippen LogP contribution is 2.31. The molecule has 3 rings (SSSR count). The first-order valence-corrected chi connectivity index (χ1v) is 11.7. The number of H-pyrrole nitrogens is 1. The van der Waals surface area contributed by atoms with Crippen molar-refractivity contribution in [2.24, 2.45) is 5.92 Å². The van der Waals surface area contributed by atoms with Crippen LogP contribution in [0.4, 0.5) is 0 Å². The minimum atomic E-state index is -0.191. The van der Waals surface area contributed by atoms with E-state index < -0.39 is 0 Å². The molecule has 0 radical (unpaired) electrons. The molecule has 0 aliphatic heterocycles. The van der Waals surface area contributed by atoms with Gasteiger partial charge in [0.2, 0.25) is 5.91 Å². The molecule has 1 aromatic carbocycles. The SMILES string of the molecule is CCOc1cc2[nH]c(=S)n(CCCC(=O)N[C@@H]3CCCC[C@@H]3C)c(=O)c2cc1OCC. The molecule has 1 heterocycles. The molecule has 31 heavy (non-hydrogen) atoms. The summed E-state index contributed by atoms with van der Waals surface area (Å²) in [7, 11) is 0. The van der Waals surface area contributed by atoms with Crippen LogP contribution in [-0.2, 0) is 11.3 Å². The molecule has 1 aliphatic rings. The fraction of sp³-hybridized carbons (Fsp3) is 0.609. The van der Waals surface area contributed by atoms with Gasteiger partial charge in [-0.3, -0.25) is 14.2 Å². The van der Waals surface area contributed by atoms with Crippen molar-refractivity contribution in [1.82, 2.24) is 14.9 Å². The lowest BCUT2D eigenvalue weighted by molar-refractivity contribution is -0.122. The largest absolute Gasteiger partial charge is 0.490 e. The van der Waals surface area contributed by atoms with Crippen molar-refractivity contribution in [3.8, 4) is 11.5 Å². The number of aromatic nitrogens is 2. The molecular formula is C23H33N3O4S. The monoisotopic (exact) mass is 447 g/mol. The molecule has 0 spiro atoms. The predicted octanol–water partition coefficient (Wildman–Crippen LogP) is 4.33. The summed E-state index contributed by atoms with van der Waals surface area (Å²) in [6.07, 6.45) is 5.55. The van der Waals surface area contributed by atoms with Crippen LogP contribution in [0.2, 0.25) is 0 Å². The fourth-order valence-electron chi connectivity index (χ4n) is 4.21. The van der Waals surface area contributed by atoms with E-state index in [0.29, 0.717) is 65.7 Å². The van der Waals surface area contributed by atoms with Gasteiger partial charge in [-0.1, -0.05) is 19.8 Å². The first kappa shape index (κ1) is 23.3. The molecule has 1 aliphatic carbocycles. The molecule has 1 aromatic heterocycles. The normalized spacial score (nSPS) is 18.7. The van der Waals surface area contributed by atoms with Crippen LogP contribution >= 0.6 is 12.2 Å². The van der Waals surface area contributed by atoms with Crippen LogP contribution in [0.1, 0.15) is 59.3 Å². The van der Waals surface area contributed by atoms with E-state index in [-0.39, 0.29) is 17.5 Å². The van der Waals surface area contributed by atoms with Gasteiger partial charge in [-0.15, -0.1) is 0 Å². The van der Waals surface area contributed by atoms with Crippen molar-refractivity contribution >= 4 is 29.0 Å². The lowest BCUT2D eigenvalue weighted by atomic mass is 9.86. The average Bonchev–Trinajstić information content (AvgIpc) is 2.73. The van der Waals surface area contributed by atoms with Crippen molar-refractivity contribution in [2.75, 3.05) is 13.2 Å². The number of aromatic amines is 1. The third-order valence-corrected chi connectivity index (χ3v) is 6.21. The molecule has 1 amide bonds. The Hall–Kier alpha value is -2.35.